The standard InChI is InChI=1S/C9H13FN2O.C7H8O3S/c10-9-4-3-8(7-12-9)13-6-2-1-5-11;1-6-2-4-7(5-3-6)11(8,9)10/h3-4,7H,1-2,5-6,11H2;2-5H,1H3,(H,8,9,10). The van der Waals surface area contributed by atoms with E-state index in [-0.39, 0.29) is 4.90 Å². The summed E-state index contributed by atoms with van der Waals surface area (Å²) < 4.78 is 47.2. The van der Waals surface area contributed by atoms with Crippen LogP contribution in [-0.4, -0.2) is 31.1 Å². The van der Waals surface area contributed by atoms with Crippen LogP contribution in [0.4, 0.5) is 4.39 Å². The molecule has 3 N–H and O–H groups in total. The van der Waals surface area contributed by atoms with Gasteiger partial charge in [0.05, 0.1) is 17.7 Å². The van der Waals surface area contributed by atoms with Crippen LogP contribution in [0.1, 0.15) is 18.4 Å². The van der Waals surface area contributed by atoms with Crippen LogP contribution < -0.4 is 10.5 Å². The van der Waals surface area contributed by atoms with Crippen molar-refractivity contribution in [3.63, 3.8) is 0 Å². The second kappa shape index (κ2) is 9.96. The molecule has 24 heavy (non-hydrogen) atoms. The fourth-order valence-electron chi connectivity index (χ4n) is 1.59. The summed E-state index contributed by atoms with van der Waals surface area (Å²) >= 11 is 0. The molecule has 1 heterocycles. The minimum Gasteiger partial charge on any atom is -0.492 e. The molecule has 0 saturated carbocycles. The van der Waals surface area contributed by atoms with Gasteiger partial charge in [-0.1, -0.05) is 17.7 Å². The average Bonchev–Trinajstić information content (AvgIpc) is 2.53. The lowest BCUT2D eigenvalue weighted by molar-refractivity contribution is 0.305. The van der Waals surface area contributed by atoms with E-state index in [2.05, 4.69) is 4.98 Å². The molecule has 8 heteroatoms. The summed E-state index contributed by atoms with van der Waals surface area (Å²) in [7, 11) is -4.02. The molecule has 0 saturated heterocycles. The summed E-state index contributed by atoms with van der Waals surface area (Å²) in [5, 5.41) is 0. The molecule has 0 bridgehead atoms. The number of aromatic nitrogens is 1. The largest absolute Gasteiger partial charge is 0.492 e. The van der Waals surface area contributed by atoms with Crippen molar-refractivity contribution < 1.29 is 22.1 Å². The smallest absolute Gasteiger partial charge is 0.294 e. The van der Waals surface area contributed by atoms with E-state index >= 15 is 0 Å². The van der Waals surface area contributed by atoms with Gasteiger partial charge in [0.1, 0.15) is 5.75 Å². The van der Waals surface area contributed by atoms with Gasteiger partial charge in [-0.2, -0.15) is 12.8 Å². The minimum atomic E-state index is -4.02. The van der Waals surface area contributed by atoms with Crippen LogP contribution in [0.3, 0.4) is 0 Å². The first-order valence-electron chi connectivity index (χ1n) is 7.31. The average molecular weight is 356 g/mol. The molecule has 0 aliphatic heterocycles. The van der Waals surface area contributed by atoms with Crippen LogP contribution in [0.5, 0.6) is 5.75 Å². The summed E-state index contributed by atoms with van der Waals surface area (Å²) in [6.45, 7) is 3.11. The number of unbranched alkanes of at least 4 members (excludes halogenated alkanes) is 1. The van der Waals surface area contributed by atoms with Crippen LogP contribution in [0.15, 0.2) is 47.5 Å². The van der Waals surface area contributed by atoms with Gasteiger partial charge in [-0.15, -0.1) is 0 Å². The van der Waals surface area contributed by atoms with E-state index < -0.39 is 16.1 Å². The van der Waals surface area contributed by atoms with Gasteiger partial charge in [0.15, 0.2) is 0 Å². The third-order valence-corrected chi connectivity index (χ3v) is 3.75. The molecule has 0 radical (unpaired) electrons. The third kappa shape index (κ3) is 8.00. The monoisotopic (exact) mass is 356 g/mol. The summed E-state index contributed by atoms with van der Waals surface area (Å²) in [4.78, 5) is 3.40. The van der Waals surface area contributed by atoms with E-state index in [0.29, 0.717) is 18.9 Å². The van der Waals surface area contributed by atoms with Gasteiger partial charge in [0.25, 0.3) is 10.1 Å². The highest BCUT2D eigenvalue weighted by atomic mass is 32.2. The van der Waals surface area contributed by atoms with E-state index in [1.54, 1.807) is 18.2 Å². The molecule has 2 rings (SSSR count). The van der Waals surface area contributed by atoms with Crippen LogP contribution in [0, 0.1) is 12.9 Å². The number of hydrogen-bond acceptors (Lipinski definition) is 5. The Morgan fingerprint density at radius 3 is 2.33 bits per heavy atom. The van der Waals surface area contributed by atoms with Crippen molar-refractivity contribution in [2.45, 2.75) is 24.7 Å². The summed E-state index contributed by atoms with van der Waals surface area (Å²) in [5.74, 6) is 0.104. The van der Waals surface area contributed by atoms with Crippen molar-refractivity contribution in [1.29, 1.82) is 0 Å². The second-order valence-electron chi connectivity index (χ2n) is 4.95. The SMILES string of the molecule is Cc1ccc(S(=O)(=O)O)cc1.NCCCCOc1ccc(F)nc1. The van der Waals surface area contributed by atoms with E-state index in [4.69, 9.17) is 15.0 Å². The first-order chi connectivity index (χ1) is 11.3. The van der Waals surface area contributed by atoms with Gasteiger partial charge >= 0.3 is 0 Å². The number of benzene rings is 1. The number of aryl methyl sites for hydroxylation is 1. The van der Waals surface area contributed by atoms with Gasteiger partial charge in [0.2, 0.25) is 5.95 Å². The molecule has 0 unspecified atom stereocenters. The van der Waals surface area contributed by atoms with Crippen LogP contribution in [-0.2, 0) is 10.1 Å². The van der Waals surface area contributed by atoms with Crippen molar-refractivity contribution in [2.75, 3.05) is 13.2 Å². The minimum absolute atomic E-state index is 0.0666. The topological polar surface area (TPSA) is 103 Å². The Morgan fingerprint density at radius 1 is 1.17 bits per heavy atom. The highest BCUT2D eigenvalue weighted by Crippen LogP contribution is 2.09. The number of nitrogens with two attached hydrogens (primary N) is 1. The molecule has 0 aliphatic rings. The van der Waals surface area contributed by atoms with Crippen molar-refractivity contribution in [1.82, 2.24) is 4.98 Å². The van der Waals surface area contributed by atoms with Crippen LogP contribution in [0.25, 0.3) is 0 Å². The zero-order valence-corrected chi connectivity index (χ0v) is 14.2. The maximum Gasteiger partial charge on any atom is 0.294 e. The van der Waals surface area contributed by atoms with Crippen LogP contribution in [0.2, 0.25) is 0 Å². The molecule has 0 atom stereocenters. The second-order valence-corrected chi connectivity index (χ2v) is 6.37. The van der Waals surface area contributed by atoms with E-state index in [9.17, 15) is 12.8 Å². The maximum atomic E-state index is 12.3. The molecule has 1 aromatic carbocycles. The Kier molecular flexibility index (Phi) is 8.31. The number of hydrogen-bond donors (Lipinski definition) is 2. The molecule has 0 fully saturated rings. The summed E-state index contributed by atoms with van der Waals surface area (Å²) in [6.07, 6.45) is 3.22. The predicted octanol–water partition coefficient (Wildman–Crippen LogP) is 2.58. The number of ether oxygens (including phenoxy) is 1. The Labute approximate surface area is 141 Å². The lowest BCUT2D eigenvalue weighted by atomic mass is 10.2. The molecule has 0 spiro atoms. The van der Waals surface area contributed by atoms with Gasteiger partial charge < -0.3 is 10.5 Å². The number of nitrogens with zero attached hydrogens (tertiary/aromatic N) is 1. The van der Waals surface area contributed by atoms with Crippen molar-refractivity contribution >= 4 is 10.1 Å². The van der Waals surface area contributed by atoms with E-state index in [1.807, 2.05) is 6.92 Å². The Hall–Kier alpha value is -2.03. The van der Waals surface area contributed by atoms with Gasteiger partial charge in [-0.3, -0.25) is 4.55 Å². The lowest BCUT2D eigenvalue weighted by Crippen LogP contribution is -2.03. The predicted molar refractivity (Wildman–Crippen MR) is 89.0 cm³/mol. The van der Waals surface area contributed by atoms with Crippen molar-refractivity contribution in [2.24, 2.45) is 5.73 Å². The molecular weight excluding hydrogens is 335 g/mol. The maximum absolute atomic E-state index is 12.3. The van der Waals surface area contributed by atoms with E-state index in [0.717, 1.165) is 18.4 Å². The van der Waals surface area contributed by atoms with Crippen molar-refractivity contribution in [3.05, 3.63) is 54.1 Å². The normalized spacial score (nSPS) is 10.7. The summed E-state index contributed by atoms with van der Waals surface area (Å²) in [6, 6.07) is 8.82. The third-order valence-electron chi connectivity index (χ3n) is 2.89. The molecule has 0 amide bonds. The Morgan fingerprint density at radius 2 is 1.83 bits per heavy atom. The number of pyridine rings is 1. The highest BCUT2D eigenvalue weighted by molar-refractivity contribution is 7.85. The van der Waals surface area contributed by atoms with Gasteiger partial charge in [-0.25, -0.2) is 4.98 Å². The van der Waals surface area contributed by atoms with E-state index in [1.165, 1.54) is 24.4 Å². The van der Waals surface area contributed by atoms with Gasteiger partial charge in [0, 0.05) is 0 Å². The zero-order chi connectivity index (χ0) is 18.0. The molecule has 0 aliphatic carbocycles. The fourth-order valence-corrected chi connectivity index (χ4v) is 2.07. The van der Waals surface area contributed by atoms with Crippen molar-refractivity contribution in [3.8, 4) is 5.75 Å². The highest BCUT2D eigenvalue weighted by Gasteiger charge is 2.06. The zero-order valence-electron chi connectivity index (χ0n) is 13.4. The first-order valence-corrected chi connectivity index (χ1v) is 8.75. The molecule has 132 valence electrons. The quantitative estimate of drug-likeness (QED) is 0.468. The molecular formula is C16H21FN2O4S. The first kappa shape index (κ1) is 20.0. The van der Waals surface area contributed by atoms with Gasteiger partial charge in [-0.05, 0) is 50.6 Å². The summed E-state index contributed by atoms with van der Waals surface area (Å²) in [5.41, 5.74) is 6.27. The molecule has 1 aromatic heterocycles. The molecule has 2 aromatic rings. The number of rotatable bonds is 6. The van der Waals surface area contributed by atoms with Crippen LogP contribution >= 0.6 is 0 Å². The molecule has 6 nitrogen and oxygen atoms in total. The number of halogens is 1. The Bertz CT molecular complexity index is 704. The Balaban J connectivity index is 0.000000243. The lowest BCUT2D eigenvalue weighted by Gasteiger charge is -2.03. The fraction of sp³-hybridized carbons (Fsp3) is 0.312.